The number of terminal acetylenes is 1. The van der Waals surface area contributed by atoms with Crippen LogP contribution in [0.3, 0.4) is 0 Å². The number of rotatable bonds is 1. The number of furan rings is 2. The summed E-state index contributed by atoms with van der Waals surface area (Å²) in [4.78, 5) is 0. The van der Waals surface area contributed by atoms with E-state index in [-0.39, 0.29) is 0 Å². The molecular weight excluding hydrogens is 1150 g/mol. The van der Waals surface area contributed by atoms with E-state index in [0.717, 1.165) is 76.9 Å². The lowest BCUT2D eigenvalue weighted by molar-refractivity contribution is 0.668. The molecule has 0 bridgehead atoms. The SMILES string of the molecule is C#Cc1cccc2cccc(C#Cc3cccc4c3oc3ccccc34)c12.Ic1ccc2ccccc2c1I.c1cc2c3c(cccc3c1)-c1c-2cc2ccc3ccccc3c2c1-c1cccc2c1oc1ccccc12. The van der Waals surface area contributed by atoms with Gasteiger partial charge in [0.1, 0.15) is 16.7 Å². The molecule has 4 heteroatoms. The first kappa shape index (κ1) is 45.9. The minimum absolute atomic E-state index is 0.823. The van der Waals surface area contributed by atoms with Gasteiger partial charge in [-0.3, -0.25) is 0 Å². The highest BCUT2D eigenvalue weighted by atomic mass is 127. The number of halogens is 2. The fourth-order valence-electron chi connectivity index (χ4n) is 11.4. The molecule has 1 aliphatic rings. The van der Waals surface area contributed by atoms with Crippen LogP contribution in [0.5, 0.6) is 0 Å². The van der Waals surface area contributed by atoms with E-state index in [1.54, 1.807) is 0 Å². The Balaban J connectivity index is 0.000000118. The molecule has 354 valence electrons. The number of hydrogen-bond donors (Lipinski definition) is 0. The minimum atomic E-state index is 0.823. The second-order valence-corrected chi connectivity index (χ2v) is 21.3. The summed E-state index contributed by atoms with van der Waals surface area (Å²) in [7, 11) is 0. The van der Waals surface area contributed by atoms with E-state index in [9.17, 15) is 0 Å². The number of hydrogen-bond acceptors (Lipinski definition) is 2. The highest BCUT2D eigenvalue weighted by Gasteiger charge is 2.28. The molecule has 0 spiro atoms. The second-order valence-electron chi connectivity index (χ2n) is 19.0. The van der Waals surface area contributed by atoms with Crippen LogP contribution in [0.2, 0.25) is 0 Å². The van der Waals surface area contributed by atoms with E-state index in [0.29, 0.717) is 0 Å². The zero-order valence-corrected chi connectivity index (χ0v) is 45.0. The summed E-state index contributed by atoms with van der Waals surface area (Å²) in [6, 6.07) is 83.0. The zero-order chi connectivity index (χ0) is 50.9. The molecule has 0 saturated carbocycles. The average molecular weight is 1190 g/mol. The predicted molar refractivity (Wildman–Crippen MR) is 337 cm³/mol. The molecule has 2 nitrogen and oxygen atoms in total. The van der Waals surface area contributed by atoms with Crippen LogP contribution < -0.4 is 0 Å². The van der Waals surface area contributed by atoms with E-state index in [1.807, 2.05) is 60.7 Å². The third-order valence-electron chi connectivity index (χ3n) is 14.8. The van der Waals surface area contributed by atoms with Crippen molar-refractivity contribution in [1.29, 1.82) is 0 Å². The molecule has 0 atom stereocenters. The first-order valence-electron chi connectivity index (χ1n) is 25.2. The fraction of sp³-hybridized carbons (Fsp3) is 0. The number of para-hydroxylation sites is 4. The standard InChI is InChI=1S/C36H20O.C26H14O.C10H6I2/c1-2-11-24-21(8-1)18-19-23-20-30-26-13-5-9-22-10-6-15-28(32(22)26)34(30)35(33(23)24)29-16-7-14-27-25-12-3-4-17-31(25)37-36(27)29;1-2-18-8-5-9-19-10-6-11-20(25(18)19)16-17-21-12-7-14-23-22-13-3-4-15-24(22)27-26(21)23;11-9-6-5-7-3-1-2-4-8(7)10(9)12/h1-20H;1,3-15H;1-6H. The first-order chi connectivity index (χ1) is 37.5. The summed E-state index contributed by atoms with van der Waals surface area (Å²) in [5.41, 5.74) is 13.9. The van der Waals surface area contributed by atoms with Crippen molar-refractivity contribution in [2.45, 2.75) is 0 Å². The molecule has 0 unspecified atom stereocenters. The monoisotopic (exact) mass is 1190 g/mol. The molecule has 0 radical (unpaired) electrons. The highest BCUT2D eigenvalue weighted by molar-refractivity contribution is 14.1. The lowest BCUT2D eigenvalue weighted by Gasteiger charge is -2.17. The van der Waals surface area contributed by atoms with Crippen LogP contribution in [-0.4, -0.2) is 0 Å². The van der Waals surface area contributed by atoms with Gasteiger partial charge in [0.05, 0.1) is 5.56 Å². The smallest absolute Gasteiger partial charge is 0.151 e. The molecule has 1 aliphatic carbocycles. The second kappa shape index (κ2) is 18.9. The summed E-state index contributed by atoms with van der Waals surface area (Å²) in [5, 5.41) is 17.0. The molecule has 13 aromatic carbocycles. The molecule has 0 fully saturated rings. The van der Waals surface area contributed by atoms with Crippen LogP contribution in [0, 0.1) is 31.3 Å². The lowest BCUT2D eigenvalue weighted by Crippen LogP contribution is -1.90. The van der Waals surface area contributed by atoms with Gasteiger partial charge in [-0.25, -0.2) is 0 Å². The van der Waals surface area contributed by atoms with E-state index < -0.39 is 0 Å². The van der Waals surface area contributed by atoms with Crippen LogP contribution in [0.25, 0.3) is 131 Å². The van der Waals surface area contributed by atoms with Crippen molar-refractivity contribution < 1.29 is 8.83 Å². The molecule has 0 saturated heterocycles. The van der Waals surface area contributed by atoms with Gasteiger partial charge in [-0.05, 0) is 158 Å². The van der Waals surface area contributed by atoms with Gasteiger partial charge in [0, 0.05) is 56.3 Å². The van der Waals surface area contributed by atoms with Crippen molar-refractivity contribution in [3.8, 4) is 57.6 Å². The van der Waals surface area contributed by atoms with Crippen molar-refractivity contribution in [3.63, 3.8) is 0 Å². The van der Waals surface area contributed by atoms with Crippen molar-refractivity contribution in [3.05, 3.63) is 260 Å². The van der Waals surface area contributed by atoms with Gasteiger partial charge in [-0.15, -0.1) is 6.42 Å². The molecule has 15 aromatic rings. The quantitative estimate of drug-likeness (QED) is 0.0930. The maximum Gasteiger partial charge on any atom is 0.151 e. The van der Waals surface area contributed by atoms with Crippen molar-refractivity contribution in [1.82, 2.24) is 0 Å². The largest absolute Gasteiger partial charge is 0.455 e. The summed E-state index contributed by atoms with van der Waals surface area (Å²) >= 11 is 4.76. The summed E-state index contributed by atoms with van der Waals surface area (Å²) in [5.74, 6) is 9.38. The minimum Gasteiger partial charge on any atom is -0.455 e. The average Bonchev–Trinajstić information content (AvgIpc) is 4.22. The Morgan fingerprint density at radius 2 is 0.803 bits per heavy atom. The van der Waals surface area contributed by atoms with Gasteiger partial charge < -0.3 is 8.83 Å². The van der Waals surface area contributed by atoms with Crippen LogP contribution in [0.1, 0.15) is 16.7 Å². The van der Waals surface area contributed by atoms with Gasteiger partial charge in [-0.2, -0.15) is 0 Å². The van der Waals surface area contributed by atoms with Gasteiger partial charge in [0.2, 0.25) is 0 Å². The van der Waals surface area contributed by atoms with E-state index in [4.69, 9.17) is 15.3 Å². The van der Waals surface area contributed by atoms with Crippen molar-refractivity contribution in [2.24, 2.45) is 0 Å². The Morgan fingerprint density at radius 1 is 0.316 bits per heavy atom. The highest BCUT2D eigenvalue weighted by Crippen LogP contribution is 2.55. The molecule has 0 amide bonds. The van der Waals surface area contributed by atoms with Gasteiger partial charge >= 0.3 is 0 Å². The molecule has 2 aromatic heterocycles. The molecule has 16 rings (SSSR count). The van der Waals surface area contributed by atoms with Crippen LogP contribution in [0.4, 0.5) is 0 Å². The Morgan fingerprint density at radius 3 is 1.54 bits per heavy atom. The fourth-order valence-corrected chi connectivity index (χ4v) is 12.5. The Kier molecular flexibility index (Phi) is 11.4. The maximum atomic E-state index is 6.61. The van der Waals surface area contributed by atoms with E-state index in [2.05, 4.69) is 239 Å². The van der Waals surface area contributed by atoms with Gasteiger partial charge in [0.25, 0.3) is 0 Å². The molecular formula is C72H40I2O2. The topological polar surface area (TPSA) is 26.3 Å². The first-order valence-corrected chi connectivity index (χ1v) is 27.3. The van der Waals surface area contributed by atoms with Crippen LogP contribution in [0.15, 0.2) is 245 Å². The summed E-state index contributed by atoms with van der Waals surface area (Å²) in [6.07, 6.45) is 5.70. The number of fused-ring (bicyclic) bond motifs is 14. The predicted octanol–water partition coefficient (Wildman–Crippen LogP) is 20.5. The normalized spacial score (nSPS) is 11.4. The van der Waals surface area contributed by atoms with E-state index >= 15 is 0 Å². The van der Waals surface area contributed by atoms with Crippen LogP contribution >= 0.6 is 45.2 Å². The van der Waals surface area contributed by atoms with Crippen molar-refractivity contribution >= 4 is 143 Å². The molecule has 2 heterocycles. The molecule has 76 heavy (non-hydrogen) atoms. The van der Waals surface area contributed by atoms with Gasteiger partial charge in [-0.1, -0.05) is 212 Å². The maximum absolute atomic E-state index is 6.61. The van der Waals surface area contributed by atoms with Crippen molar-refractivity contribution in [2.75, 3.05) is 0 Å². The Hall–Kier alpha value is -8.66. The number of benzene rings is 13. The third-order valence-corrected chi connectivity index (χ3v) is 17.9. The summed E-state index contributed by atoms with van der Waals surface area (Å²) < 4.78 is 15.4. The molecule has 0 aliphatic heterocycles. The third kappa shape index (κ3) is 7.63. The van der Waals surface area contributed by atoms with E-state index in [1.165, 1.54) is 78.0 Å². The molecule has 0 N–H and O–H groups in total. The lowest BCUT2D eigenvalue weighted by atomic mass is 9.85. The van der Waals surface area contributed by atoms with Crippen LogP contribution in [-0.2, 0) is 0 Å². The zero-order valence-electron chi connectivity index (χ0n) is 40.7. The van der Waals surface area contributed by atoms with Gasteiger partial charge in [0.15, 0.2) is 5.58 Å². The Bertz CT molecular complexity index is 4990. The summed E-state index contributed by atoms with van der Waals surface area (Å²) in [6.45, 7) is 0. The Labute approximate surface area is 465 Å².